The molecule has 2 aromatic rings. The van der Waals surface area contributed by atoms with E-state index < -0.39 is 14.9 Å². The summed E-state index contributed by atoms with van der Waals surface area (Å²) in [4.78, 5) is 24.0. The molecule has 31 heavy (non-hydrogen) atoms. The molecular weight excluding hydrogens is 448 g/mol. The number of benzene rings is 2. The van der Waals surface area contributed by atoms with Crippen molar-refractivity contribution in [2.75, 3.05) is 32.8 Å². The van der Waals surface area contributed by atoms with Crippen LogP contribution < -0.4 is 4.74 Å². The molecule has 0 N–H and O–H groups in total. The summed E-state index contributed by atoms with van der Waals surface area (Å²) in [5.41, 5.74) is -0.131. The van der Waals surface area contributed by atoms with Crippen LogP contribution in [0.25, 0.3) is 0 Å². The van der Waals surface area contributed by atoms with Gasteiger partial charge in [0.1, 0.15) is 11.8 Å². The summed E-state index contributed by atoms with van der Waals surface area (Å²) < 4.78 is 32.3. The highest BCUT2D eigenvalue weighted by molar-refractivity contribution is 7.89. The number of carbonyl (C=O) groups is 1. The van der Waals surface area contributed by atoms with E-state index in [0.717, 1.165) is 6.07 Å². The van der Waals surface area contributed by atoms with Gasteiger partial charge in [0.2, 0.25) is 10.0 Å². The number of halogens is 1. The lowest BCUT2D eigenvalue weighted by Crippen LogP contribution is -2.51. The third-order valence-electron chi connectivity index (χ3n) is 4.69. The van der Waals surface area contributed by atoms with Gasteiger partial charge in [-0.05, 0) is 18.2 Å². The highest BCUT2D eigenvalue weighted by atomic mass is 35.5. The van der Waals surface area contributed by atoms with Gasteiger partial charge in [-0.25, -0.2) is 8.42 Å². The molecule has 0 bridgehead atoms. The molecular formula is C19H17ClN4O6S. The Kier molecular flexibility index (Phi) is 6.74. The van der Waals surface area contributed by atoms with Crippen LogP contribution in [0.2, 0.25) is 5.02 Å². The van der Waals surface area contributed by atoms with Crippen LogP contribution in [0.15, 0.2) is 47.4 Å². The van der Waals surface area contributed by atoms with Gasteiger partial charge in [-0.15, -0.1) is 0 Å². The van der Waals surface area contributed by atoms with Gasteiger partial charge in [-0.2, -0.15) is 9.57 Å². The standard InChI is InChI=1S/C19H17ClN4O6S/c20-16-11-15(24(26)27)5-6-17(16)30-13-19(25)22-7-9-23(10-8-22)31(28,29)18-4-2-1-3-14(18)12-21/h1-6,11H,7-10,13H2. The number of ether oxygens (including phenoxy) is 1. The third-order valence-corrected chi connectivity index (χ3v) is 6.95. The molecule has 2 aromatic carbocycles. The number of nitro benzene ring substituents is 1. The van der Waals surface area contributed by atoms with E-state index in [-0.39, 0.29) is 65.6 Å². The monoisotopic (exact) mass is 464 g/mol. The van der Waals surface area contributed by atoms with Crippen LogP contribution in [-0.2, 0) is 14.8 Å². The fourth-order valence-corrected chi connectivity index (χ4v) is 4.85. The van der Waals surface area contributed by atoms with Crippen molar-refractivity contribution in [2.24, 2.45) is 0 Å². The minimum atomic E-state index is -3.86. The second kappa shape index (κ2) is 9.30. The minimum absolute atomic E-state index is 0.00840. The molecule has 1 saturated heterocycles. The number of hydrogen-bond acceptors (Lipinski definition) is 7. The summed E-state index contributed by atoms with van der Waals surface area (Å²) >= 11 is 5.94. The first kappa shape index (κ1) is 22.5. The molecule has 1 amide bonds. The van der Waals surface area contributed by atoms with Crippen LogP contribution in [0.1, 0.15) is 5.56 Å². The Morgan fingerprint density at radius 3 is 2.48 bits per heavy atom. The zero-order valence-corrected chi connectivity index (χ0v) is 17.7. The average molecular weight is 465 g/mol. The predicted octanol–water partition coefficient (Wildman–Crippen LogP) is 2.03. The molecule has 1 aliphatic rings. The molecule has 0 aliphatic carbocycles. The van der Waals surface area contributed by atoms with Gasteiger partial charge < -0.3 is 9.64 Å². The minimum Gasteiger partial charge on any atom is -0.482 e. The van der Waals surface area contributed by atoms with Gasteiger partial charge in [0.25, 0.3) is 11.6 Å². The number of nitriles is 1. The first-order valence-electron chi connectivity index (χ1n) is 9.08. The first-order valence-corrected chi connectivity index (χ1v) is 10.9. The number of amides is 1. The van der Waals surface area contributed by atoms with Gasteiger partial charge in [-0.3, -0.25) is 14.9 Å². The summed E-state index contributed by atoms with van der Waals surface area (Å²) in [6.07, 6.45) is 0. The van der Waals surface area contributed by atoms with Crippen molar-refractivity contribution in [1.29, 1.82) is 5.26 Å². The van der Waals surface area contributed by atoms with E-state index in [9.17, 15) is 23.3 Å². The fraction of sp³-hybridized carbons (Fsp3) is 0.263. The van der Waals surface area contributed by atoms with Gasteiger partial charge in [-0.1, -0.05) is 23.7 Å². The van der Waals surface area contributed by atoms with E-state index >= 15 is 0 Å². The fourth-order valence-electron chi connectivity index (χ4n) is 3.05. The van der Waals surface area contributed by atoms with Crippen LogP contribution in [0.4, 0.5) is 5.69 Å². The van der Waals surface area contributed by atoms with E-state index in [1.807, 2.05) is 6.07 Å². The van der Waals surface area contributed by atoms with Crippen LogP contribution in [0.3, 0.4) is 0 Å². The number of piperazine rings is 1. The molecule has 0 spiro atoms. The van der Waals surface area contributed by atoms with E-state index in [0.29, 0.717) is 0 Å². The molecule has 0 aromatic heterocycles. The van der Waals surface area contributed by atoms with Gasteiger partial charge >= 0.3 is 0 Å². The van der Waals surface area contributed by atoms with E-state index in [1.54, 1.807) is 12.1 Å². The lowest BCUT2D eigenvalue weighted by atomic mass is 10.2. The lowest BCUT2D eigenvalue weighted by Gasteiger charge is -2.34. The first-order chi connectivity index (χ1) is 14.7. The normalized spacial score (nSPS) is 14.6. The van der Waals surface area contributed by atoms with Gasteiger partial charge in [0.05, 0.1) is 20.4 Å². The number of carbonyl (C=O) groups excluding carboxylic acids is 1. The molecule has 162 valence electrons. The second-order valence-corrected chi connectivity index (χ2v) is 8.87. The van der Waals surface area contributed by atoms with Crippen LogP contribution in [-0.4, -0.2) is 61.2 Å². The molecule has 0 atom stereocenters. The number of sulfonamides is 1. The van der Waals surface area contributed by atoms with Crippen molar-refractivity contribution >= 4 is 33.2 Å². The second-order valence-electron chi connectivity index (χ2n) is 6.55. The SMILES string of the molecule is N#Cc1ccccc1S(=O)(=O)N1CCN(C(=O)COc2ccc([N+](=O)[O-])cc2Cl)CC1. The Morgan fingerprint density at radius 2 is 1.87 bits per heavy atom. The van der Waals surface area contributed by atoms with E-state index in [1.165, 1.54) is 33.5 Å². The van der Waals surface area contributed by atoms with Crippen molar-refractivity contribution in [2.45, 2.75) is 4.90 Å². The largest absolute Gasteiger partial charge is 0.482 e. The van der Waals surface area contributed by atoms with Gasteiger partial charge in [0.15, 0.2) is 6.61 Å². The molecule has 1 fully saturated rings. The zero-order valence-electron chi connectivity index (χ0n) is 16.1. The maximum absolute atomic E-state index is 12.9. The Bertz CT molecular complexity index is 1160. The summed E-state index contributed by atoms with van der Waals surface area (Å²) in [6.45, 7) is 0.119. The Balaban J connectivity index is 1.59. The Labute approximate surface area is 183 Å². The molecule has 0 radical (unpaired) electrons. The molecule has 10 nitrogen and oxygen atoms in total. The molecule has 1 heterocycles. The smallest absolute Gasteiger partial charge is 0.271 e. The molecule has 1 aliphatic heterocycles. The maximum Gasteiger partial charge on any atom is 0.271 e. The number of hydrogen-bond donors (Lipinski definition) is 0. The quantitative estimate of drug-likeness (QED) is 0.471. The van der Waals surface area contributed by atoms with Crippen LogP contribution >= 0.6 is 11.6 Å². The molecule has 12 heteroatoms. The number of rotatable bonds is 6. The highest BCUT2D eigenvalue weighted by Gasteiger charge is 2.31. The van der Waals surface area contributed by atoms with Crippen LogP contribution in [0.5, 0.6) is 5.75 Å². The van der Waals surface area contributed by atoms with E-state index in [2.05, 4.69) is 0 Å². The van der Waals surface area contributed by atoms with Crippen molar-refractivity contribution in [3.8, 4) is 11.8 Å². The van der Waals surface area contributed by atoms with Crippen molar-refractivity contribution in [1.82, 2.24) is 9.21 Å². The molecule has 0 unspecified atom stereocenters. The number of nitrogens with zero attached hydrogens (tertiary/aromatic N) is 4. The zero-order chi connectivity index (χ0) is 22.6. The van der Waals surface area contributed by atoms with Crippen molar-refractivity contribution in [3.05, 3.63) is 63.2 Å². The predicted molar refractivity (Wildman–Crippen MR) is 110 cm³/mol. The summed E-state index contributed by atoms with van der Waals surface area (Å²) in [7, 11) is -3.86. The summed E-state index contributed by atoms with van der Waals surface area (Å²) in [5, 5.41) is 19.9. The average Bonchev–Trinajstić information content (AvgIpc) is 2.77. The number of non-ortho nitro benzene ring substituents is 1. The van der Waals surface area contributed by atoms with E-state index in [4.69, 9.17) is 21.6 Å². The summed E-state index contributed by atoms with van der Waals surface area (Å²) in [5.74, 6) is -0.237. The van der Waals surface area contributed by atoms with Crippen molar-refractivity contribution in [3.63, 3.8) is 0 Å². The molecule has 0 saturated carbocycles. The Morgan fingerprint density at radius 1 is 1.19 bits per heavy atom. The highest BCUT2D eigenvalue weighted by Crippen LogP contribution is 2.28. The van der Waals surface area contributed by atoms with Crippen molar-refractivity contribution < 1.29 is 22.9 Å². The Hall–Kier alpha value is -3.20. The number of nitro groups is 1. The molecule has 3 rings (SSSR count). The maximum atomic E-state index is 12.9. The lowest BCUT2D eigenvalue weighted by molar-refractivity contribution is -0.384. The topological polar surface area (TPSA) is 134 Å². The van der Waals surface area contributed by atoms with Gasteiger partial charge in [0, 0.05) is 38.3 Å². The van der Waals surface area contributed by atoms with Crippen LogP contribution in [0, 0.1) is 21.4 Å². The summed E-state index contributed by atoms with van der Waals surface area (Å²) in [6, 6.07) is 11.5. The third kappa shape index (κ3) is 4.93.